The molecular formula is C11H10ClFS. The Hall–Kier alpha value is -0.600. The van der Waals surface area contributed by atoms with Crippen LogP contribution in [0.1, 0.15) is 17.4 Å². The van der Waals surface area contributed by atoms with Crippen molar-refractivity contribution in [3.05, 3.63) is 34.5 Å². The van der Waals surface area contributed by atoms with Gasteiger partial charge in [-0.05, 0) is 18.6 Å². The van der Waals surface area contributed by atoms with Crippen LogP contribution in [0.2, 0.25) is 0 Å². The molecule has 0 radical (unpaired) electrons. The molecule has 0 N–H and O–H groups in total. The van der Waals surface area contributed by atoms with Gasteiger partial charge >= 0.3 is 0 Å². The van der Waals surface area contributed by atoms with Crippen molar-refractivity contribution in [2.75, 3.05) is 0 Å². The van der Waals surface area contributed by atoms with E-state index in [2.05, 4.69) is 6.92 Å². The van der Waals surface area contributed by atoms with Crippen molar-refractivity contribution < 1.29 is 4.39 Å². The average Bonchev–Trinajstić information content (AvgIpc) is 2.62. The third-order valence-electron chi connectivity index (χ3n) is 2.26. The van der Waals surface area contributed by atoms with E-state index >= 15 is 0 Å². The smallest absolute Gasteiger partial charge is 0.136 e. The Morgan fingerprint density at radius 3 is 2.86 bits per heavy atom. The summed E-state index contributed by atoms with van der Waals surface area (Å²) in [6.07, 6.45) is 0.953. The van der Waals surface area contributed by atoms with E-state index in [1.54, 1.807) is 17.4 Å². The molecule has 1 aromatic carbocycles. The lowest BCUT2D eigenvalue weighted by Crippen LogP contribution is -1.84. The molecule has 0 nitrogen and oxygen atoms in total. The van der Waals surface area contributed by atoms with Gasteiger partial charge in [-0.1, -0.05) is 13.0 Å². The first-order chi connectivity index (χ1) is 6.76. The van der Waals surface area contributed by atoms with E-state index < -0.39 is 0 Å². The van der Waals surface area contributed by atoms with Gasteiger partial charge in [-0.15, -0.1) is 22.9 Å². The molecule has 0 saturated heterocycles. The summed E-state index contributed by atoms with van der Waals surface area (Å²) in [6.45, 7) is 2.07. The van der Waals surface area contributed by atoms with Crippen LogP contribution in [0, 0.1) is 5.82 Å². The van der Waals surface area contributed by atoms with E-state index in [0.29, 0.717) is 10.9 Å². The SMILES string of the molecule is CCc1cc2c(F)c(CCl)ccc2s1. The van der Waals surface area contributed by atoms with Gasteiger partial charge in [-0.25, -0.2) is 4.39 Å². The fourth-order valence-electron chi connectivity index (χ4n) is 1.45. The summed E-state index contributed by atoms with van der Waals surface area (Å²) in [7, 11) is 0. The van der Waals surface area contributed by atoms with Crippen molar-refractivity contribution in [3.8, 4) is 0 Å². The highest BCUT2D eigenvalue weighted by Gasteiger charge is 2.09. The minimum atomic E-state index is -0.159. The zero-order valence-corrected chi connectivity index (χ0v) is 9.38. The molecule has 3 heteroatoms. The number of aryl methyl sites for hydroxylation is 1. The van der Waals surface area contributed by atoms with Crippen molar-refractivity contribution in [1.82, 2.24) is 0 Å². The number of thiophene rings is 1. The molecule has 0 spiro atoms. The van der Waals surface area contributed by atoms with Crippen LogP contribution in [-0.4, -0.2) is 0 Å². The Morgan fingerprint density at radius 2 is 2.21 bits per heavy atom. The molecular weight excluding hydrogens is 219 g/mol. The predicted molar refractivity (Wildman–Crippen MR) is 60.7 cm³/mol. The average molecular weight is 229 g/mol. The maximum Gasteiger partial charge on any atom is 0.136 e. The van der Waals surface area contributed by atoms with Crippen LogP contribution in [0.5, 0.6) is 0 Å². The number of hydrogen-bond acceptors (Lipinski definition) is 1. The molecule has 0 fully saturated rings. The number of benzene rings is 1. The minimum Gasteiger partial charge on any atom is -0.206 e. The lowest BCUT2D eigenvalue weighted by Gasteiger charge is -1.98. The van der Waals surface area contributed by atoms with Crippen LogP contribution in [0.15, 0.2) is 18.2 Å². The summed E-state index contributed by atoms with van der Waals surface area (Å²) in [4.78, 5) is 1.21. The molecule has 1 aromatic heterocycles. The van der Waals surface area contributed by atoms with Gasteiger partial charge in [0.15, 0.2) is 0 Å². The molecule has 0 atom stereocenters. The van der Waals surface area contributed by atoms with E-state index in [9.17, 15) is 4.39 Å². The second kappa shape index (κ2) is 3.87. The maximum absolute atomic E-state index is 13.7. The second-order valence-electron chi connectivity index (χ2n) is 3.15. The molecule has 14 heavy (non-hydrogen) atoms. The van der Waals surface area contributed by atoms with Crippen LogP contribution in [0.3, 0.4) is 0 Å². The van der Waals surface area contributed by atoms with Crippen molar-refractivity contribution >= 4 is 33.0 Å². The first-order valence-electron chi connectivity index (χ1n) is 4.52. The topological polar surface area (TPSA) is 0 Å². The van der Waals surface area contributed by atoms with Gasteiger partial charge in [-0.3, -0.25) is 0 Å². The Balaban J connectivity index is 2.68. The quantitative estimate of drug-likeness (QED) is 0.671. The Kier molecular flexibility index (Phi) is 2.75. The Morgan fingerprint density at radius 1 is 1.43 bits per heavy atom. The lowest BCUT2D eigenvalue weighted by atomic mass is 10.1. The summed E-state index contributed by atoms with van der Waals surface area (Å²) in [6, 6.07) is 5.63. The molecule has 0 unspecified atom stereocenters. The van der Waals surface area contributed by atoms with Crippen LogP contribution >= 0.6 is 22.9 Å². The van der Waals surface area contributed by atoms with Gasteiger partial charge in [0.1, 0.15) is 5.82 Å². The van der Waals surface area contributed by atoms with Gasteiger partial charge in [0.2, 0.25) is 0 Å². The Bertz CT molecular complexity index is 462. The molecule has 0 saturated carbocycles. The molecule has 2 aromatic rings. The van der Waals surface area contributed by atoms with Crippen LogP contribution in [-0.2, 0) is 12.3 Å². The number of rotatable bonds is 2. The lowest BCUT2D eigenvalue weighted by molar-refractivity contribution is 0.629. The second-order valence-corrected chi connectivity index (χ2v) is 4.59. The van der Waals surface area contributed by atoms with Gasteiger partial charge in [0.05, 0.1) is 5.88 Å². The minimum absolute atomic E-state index is 0.159. The molecule has 74 valence electrons. The Labute approximate surface area is 91.3 Å². The fourth-order valence-corrected chi connectivity index (χ4v) is 2.66. The zero-order valence-electron chi connectivity index (χ0n) is 7.81. The molecule has 0 aliphatic heterocycles. The largest absolute Gasteiger partial charge is 0.206 e. The van der Waals surface area contributed by atoms with Crippen molar-refractivity contribution in [2.24, 2.45) is 0 Å². The highest BCUT2D eigenvalue weighted by atomic mass is 35.5. The molecule has 0 aliphatic carbocycles. The summed E-state index contributed by atoms with van der Waals surface area (Å²) < 4.78 is 14.7. The van der Waals surface area contributed by atoms with E-state index in [4.69, 9.17) is 11.6 Å². The fraction of sp³-hybridized carbons (Fsp3) is 0.273. The first-order valence-corrected chi connectivity index (χ1v) is 5.87. The van der Waals surface area contributed by atoms with Crippen LogP contribution in [0.25, 0.3) is 10.1 Å². The zero-order chi connectivity index (χ0) is 10.1. The van der Waals surface area contributed by atoms with Crippen molar-refractivity contribution in [2.45, 2.75) is 19.2 Å². The monoisotopic (exact) mass is 228 g/mol. The predicted octanol–water partition coefficient (Wildman–Crippen LogP) is 4.34. The summed E-state index contributed by atoms with van der Waals surface area (Å²) >= 11 is 7.28. The van der Waals surface area contributed by atoms with Gasteiger partial charge in [-0.2, -0.15) is 0 Å². The molecule has 1 heterocycles. The molecule has 2 rings (SSSR count). The molecule has 0 aliphatic rings. The summed E-state index contributed by atoms with van der Waals surface area (Å²) in [5.41, 5.74) is 0.583. The van der Waals surface area contributed by atoms with E-state index in [1.807, 2.05) is 12.1 Å². The number of fused-ring (bicyclic) bond motifs is 1. The van der Waals surface area contributed by atoms with E-state index in [0.717, 1.165) is 11.1 Å². The number of halogens is 2. The van der Waals surface area contributed by atoms with E-state index in [1.165, 1.54) is 4.88 Å². The summed E-state index contributed by atoms with van der Waals surface area (Å²) in [5.74, 6) is 0.0764. The highest BCUT2D eigenvalue weighted by molar-refractivity contribution is 7.19. The highest BCUT2D eigenvalue weighted by Crippen LogP contribution is 2.30. The van der Waals surface area contributed by atoms with Crippen LogP contribution < -0.4 is 0 Å². The van der Waals surface area contributed by atoms with E-state index in [-0.39, 0.29) is 11.7 Å². The summed E-state index contributed by atoms with van der Waals surface area (Å²) in [5, 5.41) is 0.713. The number of hydrogen-bond donors (Lipinski definition) is 0. The normalized spacial score (nSPS) is 11.1. The van der Waals surface area contributed by atoms with Crippen LogP contribution in [0.4, 0.5) is 4.39 Å². The van der Waals surface area contributed by atoms with Gasteiger partial charge in [0, 0.05) is 20.5 Å². The standard InChI is InChI=1S/C11H10ClFS/c1-2-8-5-9-10(14-8)4-3-7(6-12)11(9)13/h3-5H,2,6H2,1H3. The van der Waals surface area contributed by atoms with Crippen molar-refractivity contribution in [1.29, 1.82) is 0 Å². The van der Waals surface area contributed by atoms with Gasteiger partial charge in [0.25, 0.3) is 0 Å². The van der Waals surface area contributed by atoms with Crippen molar-refractivity contribution in [3.63, 3.8) is 0 Å². The van der Waals surface area contributed by atoms with Gasteiger partial charge < -0.3 is 0 Å². The first kappa shape index (κ1) is 9.94. The number of alkyl halides is 1. The third kappa shape index (κ3) is 1.53. The maximum atomic E-state index is 13.7. The molecule has 0 amide bonds. The molecule has 0 bridgehead atoms. The third-order valence-corrected chi connectivity index (χ3v) is 3.79.